The first-order chi connectivity index (χ1) is 10.7. The zero-order valence-corrected chi connectivity index (χ0v) is 15.9. The Morgan fingerprint density at radius 2 is 1.91 bits per heavy atom. The molecule has 0 bridgehead atoms. The van der Waals surface area contributed by atoms with Crippen LogP contribution in [0.15, 0.2) is 0 Å². The molecule has 1 amide bonds. The molecule has 0 aromatic heterocycles. The fraction of sp³-hybridized carbons (Fsp3) is 0.944. The van der Waals surface area contributed by atoms with E-state index in [1.54, 1.807) is 7.11 Å². The second-order valence-electron chi connectivity index (χ2n) is 7.84. The van der Waals surface area contributed by atoms with Crippen molar-refractivity contribution in [1.82, 2.24) is 10.2 Å². The minimum absolute atomic E-state index is 0.165. The second-order valence-corrected chi connectivity index (χ2v) is 7.84. The number of carbonyl (C=O) groups excluding carboxylic acids is 1. The summed E-state index contributed by atoms with van der Waals surface area (Å²) in [6.45, 7) is 11.6. The molecule has 0 spiro atoms. The molecule has 136 valence electrons. The van der Waals surface area contributed by atoms with Gasteiger partial charge in [-0.1, -0.05) is 12.8 Å². The van der Waals surface area contributed by atoms with E-state index in [9.17, 15) is 4.79 Å². The van der Waals surface area contributed by atoms with E-state index in [1.807, 2.05) is 25.7 Å². The van der Waals surface area contributed by atoms with Gasteiger partial charge in [-0.3, -0.25) is 0 Å². The van der Waals surface area contributed by atoms with Crippen molar-refractivity contribution < 1.29 is 14.3 Å². The van der Waals surface area contributed by atoms with E-state index in [4.69, 9.17) is 9.47 Å². The van der Waals surface area contributed by atoms with Crippen LogP contribution in [0.5, 0.6) is 0 Å². The van der Waals surface area contributed by atoms with E-state index >= 15 is 0 Å². The van der Waals surface area contributed by atoms with Crippen LogP contribution >= 0.6 is 0 Å². The maximum Gasteiger partial charge on any atom is 0.410 e. The Labute approximate surface area is 142 Å². The minimum atomic E-state index is -0.440. The fourth-order valence-electron chi connectivity index (χ4n) is 3.24. The number of nitrogens with zero attached hydrogens (tertiary/aromatic N) is 1. The Morgan fingerprint density at radius 1 is 1.22 bits per heavy atom. The molecule has 23 heavy (non-hydrogen) atoms. The molecule has 5 nitrogen and oxygen atoms in total. The van der Waals surface area contributed by atoms with Gasteiger partial charge in [0, 0.05) is 31.8 Å². The number of likely N-dealkylation sites (tertiary alicyclic amines) is 1. The van der Waals surface area contributed by atoms with E-state index in [0.717, 1.165) is 25.8 Å². The zero-order valence-electron chi connectivity index (χ0n) is 15.9. The summed E-state index contributed by atoms with van der Waals surface area (Å²) in [6, 6.07) is 0.911. The molecule has 0 aromatic rings. The molecule has 1 N–H and O–H groups in total. The third kappa shape index (κ3) is 8.02. The van der Waals surface area contributed by atoms with E-state index in [-0.39, 0.29) is 12.1 Å². The number of nitrogens with one attached hydrogen (secondary N) is 1. The van der Waals surface area contributed by atoms with E-state index < -0.39 is 5.60 Å². The Hall–Kier alpha value is -0.810. The van der Waals surface area contributed by atoms with Crippen LogP contribution < -0.4 is 5.32 Å². The Bertz CT molecular complexity index is 355. The van der Waals surface area contributed by atoms with Crippen LogP contribution in [0.1, 0.15) is 66.7 Å². The molecular formula is C18H36N2O3. The smallest absolute Gasteiger partial charge is 0.410 e. The fourth-order valence-corrected chi connectivity index (χ4v) is 3.24. The van der Waals surface area contributed by atoms with E-state index in [2.05, 4.69) is 19.2 Å². The number of amides is 1. The van der Waals surface area contributed by atoms with Crippen molar-refractivity contribution in [2.45, 2.75) is 90.4 Å². The molecule has 3 atom stereocenters. The molecule has 5 heteroatoms. The lowest BCUT2D eigenvalue weighted by atomic mass is 10.0. The van der Waals surface area contributed by atoms with Gasteiger partial charge in [0.15, 0.2) is 0 Å². The molecule has 0 aliphatic carbocycles. The second kappa shape index (κ2) is 9.48. The van der Waals surface area contributed by atoms with E-state index in [0.29, 0.717) is 18.7 Å². The monoisotopic (exact) mass is 328 g/mol. The highest BCUT2D eigenvalue weighted by Crippen LogP contribution is 2.23. The van der Waals surface area contributed by atoms with Crippen LogP contribution in [0.3, 0.4) is 0 Å². The average molecular weight is 328 g/mol. The van der Waals surface area contributed by atoms with Crippen molar-refractivity contribution in [3.05, 3.63) is 0 Å². The number of hydrogen-bond donors (Lipinski definition) is 1. The van der Waals surface area contributed by atoms with Gasteiger partial charge < -0.3 is 19.7 Å². The summed E-state index contributed by atoms with van der Waals surface area (Å²) in [4.78, 5) is 14.5. The number of carbonyl (C=O) groups is 1. The molecule has 1 fully saturated rings. The van der Waals surface area contributed by atoms with Gasteiger partial charge in [0.1, 0.15) is 5.60 Å². The normalized spacial score (nSPS) is 22.3. The van der Waals surface area contributed by atoms with E-state index in [1.165, 1.54) is 12.8 Å². The standard InChI is InChI=1S/C18H36N2O3/c1-14(19-15(2)13-22-6)12-16-10-8-7-9-11-20(16)17(21)23-18(3,4)5/h14-16,19H,7-13H2,1-6H3. The SMILES string of the molecule is COCC(C)NC(C)CC1CCCCCN1C(=O)OC(C)(C)C. The predicted molar refractivity (Wildman–Crippen MR) is 93.7 cm³/mol. The summed E-state index contributed by atoms with van der Waals surface area (Å²) in [5.41, 5.74) is -0.440. The highest BCUT2D eigenvalue weighted by atomic mass is 16.6. The van der Waals surface area contributed by atoms with Gasteiger partial charge in [-0.2, -0.15) is 0 Å². The average Bonchev–Trinajstić information content (AvgIpc) is 2.62. The predicted octanol–water partition coefficient (Wildman–Crippen LogP) is 3.57. The molecule has 0 aromatic carbocycles. The third-order valence-corrected chi connectivity index (χ3v) is 4.12. The van der Waals surface area contributed by atoms with Crippen molar-refractivity contribution in [1.29, 1.82) is 0 Å². The first kappa shape index (κ1) is 20.2. The number of hydrogen-bond acceptors (Lipinski definition) is 4. The molecule has 3 unspecified atom stereocenters. The van der Waals surface area contributed by atoms with Crippen LogP contribution in [-0.4, -0.2) is 55.0 Å². The quantitative estimate of drug-likeness (QED) is 0.810. The lowest BCUT2D eigenvalue weighted by Gasteiger charge is -2.34. The molecule has 1 aliphatic heterocycles. The highest BCUT2D eigenvalue weighted by molar-refractivity contribution is 5.68. The Balaban J connectivity index is 2.64. The first-order valence-corrected chi connectivity index (χ1v) is 8.97. The van der Waals surface area contributed by atoms with Crippen molar-refractivity contribution in [2.75, 3.05) is 20.3 Å². The first-order valence-electron chi connectivity index (χ1n) is 8.97. The Morgan fingerprint density at radius 3 is 2.52 bits per heavy atom. The number of rotatable bonds is 6. The molecule has 0 saturated carbocycles. The highest BCUT2D eigenvalue weighted by Gasteiger charge is 2.30. The van der Waals surface area contributed by atoms with Gasteiger partial charge in [0.05, 0.1) is 6.61 Å². The van der Waals surface area contributed by atoms with Crippen LogP contribution in [0.4, 0.5) is 4.79 Å². The van der Waals surface area contributed by atoms with Gasteiger partial charge in [0.2, 0.25) is 0 Å². The molecule has 1 aliphatic rings. The maximum atomic E-state index is 12.5. The van der Waals surface area contributed by atoms with Gasteiger partial charge in [-0.25, -0.2) is 4.79 Å². The number of methoxy groups -OCH3 is 1. The summed E-state index contributed by atoms with van der Waals surface area (Å²) < 4.78 is 10.8. The van der Waals surface area contributed by atoms with Crippen molar-refractivity contribution in [2.24, 2.45) is 0 Å². The lowest BCUT2D eigenvalue weighted by Crippen LogP contribution is -2.47. The summed E-state index contributed by atoms with van der Waals surface area (Å²) in [6.07, 6.45) is 5.29. The number of ether oxygens (including phenoxy) is 2. The van der Waals surface area contributed by atoms with Crippen molar-refractivity contribution >= 4 is 6.09 Å². The van der Waals surface area contributed by atoms with Crippen molar-refractivity contribution in [3.63, 3.8) is 0 Å². The van der Waals surface area contributed by atoms with Crippen molar-refractivity contribution in [3.8, 4) is 0 Å². The summed E-state index contributed by atoms with van der Waals surface area (Å²) in [7, 11) is 1.72. The lowest BCUT2D eigenvalue weighted by molar-refractivity contribution is 0.0148. The van der Waals surface area contributed by atoms with Crippen LogP contribution in [0.25, 0.3) is 0 Å². The van der Waals surface area contributed by atoms with Crippen LogP contribution in [0, 0.1) is 0 Å². The van der Waals surface area contributed by atoms with Crippen LogP contribution in [-0.2, 0) is 9.47 Å². The van der Waals surface area contributed by atoms with Gasteiger partial charge in [0.25, 0.3) is 0 Å². The summed E-state index contributed by atoms with van der Waals surface area (Å²) in [5, 5.41) is 3.55. The van der Waals surface area contributed by atoms with Crippen LogP contribution in [0.2, 0.25) is 0 Å². The molecular weight excluding hydrogens is 292 g/mol. The molecule has 1 rings (SSSR count). The maximum absolute atomic E-state index is 12.5. The largest absolute Gasteiger partial charge is 0.444 e. The molecule has 1 saturated heterocycles. The van der Waals surface area contributed by atoms with Gasteiger partial charge in [-0.05, 0) is 53.9 Å². The molecule has 0 radical (unpaired) electrons. The third-order valence-electron chi connectivity index (χ3n) is 4.12. The minimum Gasteiger partial charge on any atom is -0.444 e. The summed E-state index contributed by atoms with van der Waals surface area (Å²) in [5.74, 6) is 0. The van der Waals surface area contributed by atoms with Gasteiger partial charge >= 0.3 is 6.09 Å². The Kier molecular flexibility index (Phi) is 8.34. The topological polar surface area (TPSA) is 50.8 Å². The zero-order chi connectivity index (χ0) is 17.5. The molecule has 1 heterocycles. The van der Waals surface area contributed by atoms with Gasteiger partial charge in [-0.15, -0.1) is 0 Å². The summed E-state index contributed by atoms with van der Waals surface area (Å²) >= 11 is 0.